The van der Waals surface area contributed by atoms with Crippen LogP contribution >= 0.6 is 0 Å². The number of aliphatic imine (C=N–C) groups is 1. The summed E-state index contributed by atoms with van der Waals surface area (Å²) in [4.78, 5) is 6.77. The van der Waals surface area contributed by atoms with E-state index in [2.05, 4.69) is 27.6 Å². The highest BCUT2D eigenvalue weighted by Crippen LogP contribution is 2.62. The molecule has 0 radical (unpaired) electrons. The summed E-state index contributed by atoms with van der Waals surface area (Å²) in [5, 5.41) is 7.19. The third-order valence-corrected chi connectivity index (χ3v) is 6.23. The molecule has 2 aliphatic carbocycles. The average Bonchev–Trinajstić information content (AvgIpc) is 2.94. The molecule has 0 aromatic heterocycles. The lowest BCUT2D eigenvalue weighted by Gasteiger charge is -2.63. The SMILES string of the molecule is CN=C(NCCN(C)CCCOC)NC1C2CCOC2C12CCC2. The van der Waals surface area contributed by atoms with Crippen LogP contribution < -0.4 is 10.6 Å². The van der Waals surface area contributed by atoms with Crippen molar-refractivity contribution in [2.75, 3.05) is 54.1 Å². The first-order valence-electron chi connectivity index (χ1n) is 9.47. The molecule has 6 nitrogen and oxygen atoms in total. The average molecular weight is 338 g/mol. The Labute approximate surface area is 146 Å². The maximum atomic E-state index is 6.00. The van der Waals surface area contributed by atoms with Gasteiger partial charge in [-0.1, -0.05) is 6.42 Å². The van der Waals surface area contributed by atoms with E-state index >= 15 is 0 Å². The van der Waals surface area contributed by atoms with E-state index in [0.717, 1.165) is 45.2 Å². The molecule has 1 spiro atoms. The van der Waals surface area contributed by atoms with Gasteiger partial charge in [0.2, 0.25) is 0 Å². The van der Waals surface area contributed by atoms with Gasteiger partial charge in [0.05, 0.1) is 6.10 Å². The zero-order chi connectivity index (χ0) is 17.0. The van der Waals surface area contributed by atoms with E-state index in [1.165, 1.54) is 25.7 Å². The van der Waals surface area contributed by atoms with Gasteiger partial charge in [-0.2, -0.15) is 0 Å². The van der Waals surface area contributed by atoms with Gasteiger partial charge < -0.3 is 25.0 Å². The van der Waals surface area contributed by atoms with Crippen molar-refractivity contribution in [1.82, 2.24) is 15.5 Å². The number of nitrogens with one attached hydrogen (secondary N) is 2. The van der Waals surface area contributed by atoms with Crippen molar-refractivity contribution in [3.05, 3.63) is 0 Å². The summed E-state index contributed by atoms with van der Waals surface area (Å²) in [6, 6.07) is 0.546. The molecule has 0 aromatic carbocycles. The number of guanidine groups is 1. The Morgan fingerprint density at radius 2 is 2.21 bits per heavy atom. The first-order valence-corrected chi connectivity index (χ1v) is 9.47. The van der Waals surface area contributed by atoms with Gasteiger partial charge in [-0.05, 0) is 32.7 Å². The molecule has 3 atom stereocenters. The lowest BCUT2D eigenvalue weighted by Crippen LogP contribution is -2.72. The van der Waals surface area contributed by atoms with E-state index in [1.807, 2.05) is 7.05 Å². The summed E-state index contributed by atoms with van der Waals surface area (Å²) in [5.74, 6) is 1.63. The van der Waals surface area contributed by atoms with Crippen molar-refractivity contribution in [3.8, 4) is 0 Å². The number of methoxy groups -OCH3 is 1. The third kappa shape index (κ3) is 3.41. The standard InChI is InChI=1S/C18H34N4O2/c1-19-17(20-9-11-22(2)10-5-12-23-3)21-15-14-6-13-24-16(14)18(15)7-4-8-18/h14-16H,4-13H2,1-3H3,(H2,19,20,21). The van der Waals surface area contributed by atoms with Crippen LogP contribution in [-0.2, 0) is 9.47 Å². The van der Waals surface area contributed by atoms with Crippen LogP contribution in [0.2, 0.25) is 0 Å². The van der Waals surface area contributed by atoms with E-state index in [1.54, 1.807) is 7.11 Å². The van der Waals surface area contributed by atoms with E-state index < -0.39 is 0 Å². The Kier molecular flexibility index (Phi) is 6.00. The monoisotopic (exact) mass is 338 g/mol. The predicted molar refractivity (Wildman–Crippen MR) is 96.4 cm³/mol. The molecule has 3 rings (SSSR count). The number of rotatable bonds is 8. The minimum absolute atomic E-state index is 0.399. The second kappa shape index (κ2) is 8.02. The molecule has 2 saturated carbocycles. The minimum Gasteiger partial charge on any atom is -0.385 e. The van der Waals surface area contributed by atoms with Gasteiger partial charge in [-0.3, -0.25) is 4.99 Å². The van der Waals surface area contributed by atoms with Gasteiger partial charge in [0.15, 0.2) is 5.96 Å². The number of hydrogen-bond acceptors (Lipinski definition) is 4. The minimum atomic E-state index is 0.399. The van der Waals surface area contributed by atoms with E-state index in [0.29, 0.717) is 23.5 Å². The fourth-order valence-electron chi connectivity index (χ4n) is 4.75. The largest absolute Gasteiger partial charge is 0.385 e. The van der Waals surface area contributed by atoms with Crippen molar-refractivity contribution in [1.29, 1.82) is 0 Å². The second-order valence-electron chi connectivity index (χ2n) is 7.60. The van der Waals surface area contributed by atoms with Crippen LogP contribution in [0, 0.1) is 11.3 Å². The third-order valence-electron chi connectivity index (χ3n) is 6.23. The van der Waals surface area contributed by atoms with Crippen LogP contribution in [0.5, 0.6) is 0 Å². The van der Waals surface area contributed by atoms with Crippen molar-refractivity contribution in [2.24, 2.45) is 16.3 Å². The first-order chi connectivity index (χ1) is 11.7. The van der Waals surface area contributed by atoms with Gasteiger partial charge in [0.1, 0.15) is 0 Å². The van der Waals surface area contributed by atoms with E-state index in [4.69, 9.17) is 9.47 Å². The smallest absolute Gasteiger partial charge is 0.191 e. The molecule has 1 aliphatic heterocycles. The Hall–Kier alpha value is -0.850. The molecule has 3 unspecified atom stereocenters. The Morgan fingerprint density at radius 3 is 2.88 bits per heavy atom. The van der Waals surface area contributed by atoms with Crippen molar-refractivity contribution >= 4 is 5.96 Å². The fraction of sp³-hybridized carbons (Fsp3) is 0.944. The van der Waals surface area contributed by atoms with Crippen LogP contribution in [0.25, 0.3) is 0 Å². The number of likely N-dealkylation sites (N-methyl/N-ethyl adjacent to an activating group) is 1. The Bertz CT molecular complexity index is 439. The molecule has 3 aliphatic rings. The predicted octanol–water partition coefficient (Wildman–Crippen LogP) is 1.08. The van der Waals surface area contributed by atoms with Gasteiger partial charge in [0.25, 0.3) is 0 Å². The molecule has 6 heteroatoms. The highest BCUT2D eigenvalue weighted by molar-refractivity contribution is 5.80. The molecular weight excluding hydrogens is 304 g/mol. The van der Waals surface area contributed by atoms with E-state index in [-0.39, 0.29) is 0 Å². The summed E-state index contributed by atoms with van der Waals surface area (Å²) in [5.41, 5.74) is 0.399. The lowest BCUT2D eigenvalue weighted by molar-refractivity contribution is -0.171. The molecule has 1 heterocycles. The van der Waals surface area contributed by atoms with Gasteiger partial charge >= 0.3 is 0 Å². The van der Waals surface area contributed by atoms with Crippen LogP contribution in [0.3, 0.4) is 0 Å². The molecule has 0 aromatic rings. The topological polar surface area (TPSA) is 58.1 Å². The molecule has 3 fully saturated rings. The van der Waals surface area contributed by atoms with Crippen LogP contribution in [-0.4, -0.2) is 77.1 Å². The Morgan fingerprint density at radius 1 is 1.38 bits per heavy atom. The summed E-state index contributed by atoms with van der Waals surface area (Å²) in [6.07, 6.45) is 6.75. The highest BCUT2D eigenvalue weighted by atomic mass is 16.5. The molecule has 24 heavy (non-hydrogen) atoms. The first kappa shape index (κ1) is 18.0. The van der Waals surface area contributed by atoms with Crippen LogP contribution in [0.15, 0.2) is 4.99 Å². The number of hydrogen-bond donors (Lipinski definition) is 2. The summed E-state index contributed by atoms with van der Waals surface area (Å²) < 4.78 is 11.1. The quantitative estimate of drug-likeness (QED) is 0.394. The van der Waals surface area contributed by atoms with E-state index in [9.17, 15) is 0 Å². The maximum absolute atomic E-state index is 6.00. The molecule has 1 saturated heterocycles. The lowest BCUT2D eigenvalue weighted by atomic mass is 9.46. The number of ether oxygens (including phenoxy) is 2. The molecular formula is C18H34N4O2. The van der Waals surface area contributed by atoms with Crippen LogP contribution in [0.4, 0.5) is 0 Å². The normalized spacial score (nSPS) is 30.8. The number of fused-ring (bicyclic) bond motifs is 2. The molecule has 0 amide bonds. The fourth-order valence-corrected chi connectivity index (χ4v) is 4.75. The van der Waals surface area contributed by atoms with Crippen molar-refractivity contribution in [2.45, 2.75) is 44.2 Å². The summed E-state index contributed by atoms with van der Waals surface area (Å²) in [6.45, 7) is 4.75. The van der Waals surface area contributed by atoms with Crippen LogP contribution in [0.1, 0.15) is 32.1 Å². The summed E-state index contributed by atoms with van der Waals surface area (Å²) >= 11 is 0. The van der Waals surface area contributed by atoms with Crippen molar-refractivity contribution in [3.63, 3.8) is 0 Å². The maximum Gasteiger partial charge on any atom is 0.191 e. The summed E-state index contributed by atoms with van der Waals surface area (Å²) in [7, 11) is 5.78. The van der Waals surface area contributed by atoms with Gasteiger partial charge in [0, 0.05) is 64.4 Å². The van der Waals surface area contributed by atoms with Gasteiger partial charge in [-0.15, -0.1) is 0 Å². The number of nitrogens with zero attached hydrogens (tertiary/aromatic N) is 2. The zero-order valence-corrected chi connectivity index (χ0v) is 15.5. The molecule has 2 N–H and O–H groups in total. The molecule has 0 bridgehead atoms. The van der Waals surface area contributed by atoms with Crippen molar-refractivity contribution < 1.29 is 9.47 Å². The zero-order valence-electron chi connectivity index (χ0n) is 15.5. The molecule has 138 valence electrons. The highest BCUT2D eigenvalue weighted by Gasteiger charge is 2.66. The second-order valence-corrected chi connectivity index (χ2v) is 7.60. The van der Waals surface area contributed by atoms with Gasteiger partial charge in [-0.25, -0.2) is 0 Å². The Balaban J connectivity index is 1.41.